The molecule has 0 saturated heterocycles. The molecule has 0 spiro atoms. The van der Waals surface area contributed by atoms with Gasteiger partial charge in [0, 0.05) is 6.42 Å². The molecule has 1 N–H and O–H groups in total. The predicted molar refractivity (Wildman–Crippen MR) is 47.0 cm³/mol. The number of alkyl halides is 1. The monoisotopic (exact) mass is 184 g/mol. The minimum Gasteiger partial charge on any atom is -0.371 e. The van der Waals surface area contributed by atoms with Gasteiger partial charge in [0.15, 0.2) is 11.3 Å². The number of hydrogen-bond donors (Lipinski definition) is 1. The van der Waals surface area contributed by atoms with Gasteiger partial charge in [0.25, 0.3) is 0 Å². The maximum absolute atomic E-state index is 10.9. The summed E-state index contributed by atoms with van der Waals surface area (Å²) in [6.07, 6.45) is 0.186. The fourth-order valence-electron chi connectivity index (χ4n) is 0.881. The van der Waals surface area contributed by atoms with Crippen LogP contribution in [0.4, 0.5) is 0 Å². The average molecular weight is 185 g/mol. The van der Waals surface area contributed by atoms with Crippen molar-refractivity contribution in [2.24, 2.45) is 0 Å². The van der Waals surface area contributed by atoms with Crippen LogP contribution in [0.2, 0.25) is 0 Å². The van der Waals surface area contributed by atoms with E-state index in [0.717, 1.165) is 5.56 Å². The SMILES string of the molecule is O=C(Cc1ccccc1)C(O)Cl. The first-order valence-corrected chi connectivity index (χ1v) is 4.02. The number of aliphatic hydroxyl groups excluding tert-OH is 1. The van der Waals surface area contributed by atoms with Crippen LogP contribution in [-0.2, 0) is 11.2 Å². The molecule has 0 fully saturated rings. The minimum atomic E-state index is -1.38. The van der Waals surface area contributed by atoms with Crippen molar-refractivity contribution in [3.8, 4) is 0 Å². The van der Waals surface area contributed by atoms with E-state index in [1.165, 1.54) is 0 Å². The van der Waals surface area contributed by atoms with Gasteiger partial charge in [-0.15, -0.1) is 0 Å². The molecule has 1 rings (SSSR count). The second kappa shape index (κ2) is 4.24. The number of carbonyl (C=O) groups excluding carboxylic acids is 1. The minimum absolute atomic E-state index is 0.186. The predicted octanol–water partition coefficient (Wildman–Crippen LogP) is 1.36. The molecule has 0 radical (unpaired) electrons. The van der Waals surface area contributed by atoms with E-state index in [1.807, 2.05) is 30.3 Å². The summed E-state index contributed by atoms with van der Waals surface area (Å²) >= 11 is 5.18. The zero-order chi connectivity index (χ0) is 8.97. The Labute approximate surface area is 75.8 Å². The number of Topliss-reactive ketones (excluding diaryl/α,β-unsaturated/α-hetero) is 1. The van der Waals surface area contributed by atoms with Crippen LogP contribution in [0.25, 0.3) is 0 Å². The first-order valence-electron chi connectivity index (χ1n) is 3.59. The maximum atomic E-state index is 10.9. The van der Waals surface area contributed by atoms with Crippen LogP contribution in [0.15, 0.2) is 30.3 Å². The summed E-state index contributed by atoms with van der Waals surface area (Å²) in [5.41, 5.74) is -0.521. The Morgan fingerprint density at radius 3 is 2.50 bits per heavy atom. The first kappa shape index (κ1) is 9.23. The number of aliphatic hydroxyl groups is 1. The van der Waals surface area contributed by atoms with Gasteiger partial charge in [0.05, 0.1) is 0 Å². The Morgan fingerprint density at radius 1 is 1.42 bits per heavy atom. The third kappa shape index (κ3) is 2.64. The highest BCUT2D eigenvalue weighted by Gasteiger charge is 2.10. The summed E-state index contributed by atoms with van der Waals surface area (Å²) in [7, 11) is 0. The fraction of sp³-hybridized carbons (Fsp3) is 0.222. The molecule has 1 unspecified atom stereocenters. The van der Waals surface area contributed by atoms with Crippen LogP contribution in [0.3, 0.4) is 0 Å². The number of rotatable bonds is 3. The molecule has 0 aliphatic rings. The maximum Gasteiger partial charge on any atom is 0.187 e. The lowest BCUT2D eigenvalue weighted by Gasteiger charge is -2.00. The molecule has 64 valence electrons. The number of benzene rings is 1. The fourth-order valence-corrected chi connectivity index (χ4v) is 0.958. The van der Waals surface area contributed by atoms with Crippen molar-refractivity contribution in [1.82, 2.24) is 0 Å². The smallest absolute Gasteiger partial charge is 0.187 e. The third-order valence-corrected chi connectivity index (χ3v) is 1.73. The van der Waals surface area contributed by atoms with Crippen LogP contribution in [0.1, 0.15) is 5.56 Å². The third-order valence-electron chi connectivity index (χ3n) is 1.49. The molecule has 0 aromatic heterocycles. The van der Waals surface area contributed by atoms with E-state index < -0.39 is 5.56 Å². The van der Waals surface area contributed by atoms with Crippen LogP contribution in [0.5, 0.6) is 0 Å². The highest BCUT2D eigenvalue weighted by Crippen LogP contribution is 2.03. The summed E-state index contributed by atoms with van der Waals surface area (Å²) in [4.78, 5) is 10.9. The normalized spacial score (nSPS) is 12.5. The molecule has 1 atom stereocenters. The Kier molecular flexibility index (Phi) is 3.26. The highest BCUT2D eigenvalue weighted by molar-refractivity contribution is 6.29. The van der Waals surface area contributed by atoms with Crippen LogP contribution >= 0.6 is 11.6 Å². The molecular formula is C9H9ClO2. The molecule has 0 heterocycles. The number of ketones is 1. The first-order chi connectivity index (χ1) is 5.70. The lowest BCUT2D eigenvalue weighted by molar-refractivity contribution is -0.122. The number of halogens is 1. The van der Waals surface area contributed by atoms with E-state index in [-0.39, 0.29) is 12.2 Å². The van der Waals surface area contributed by atoms with Crippen molar-refractivity contribution >= 4 is 17.4 Å². The standard InChI is InChI=1S/C9H9ClO2/c10-9(12)8(11)6-7-4-2-1-3-5-7/h1-5,9,12H,6H2. The van der Waals surface area contributed by atoms with Crippen molar-refractivity contribution < 1.29 is 9.90 Å². The zero-order valence-corrected chi connectivity index (χ0v) is 7.16. The Morgan fingerprint density at radius 2 is 2.00 bits per heavy atom. The van der Waals surface area contributed by atoms with Gasteiger partial charge in [-0.1, -0.05) is 41.9 Å². The molecule has 3 heteroatoms. The molecule has 1 aromatic rings. The molecule has 0 amide bonds. The summed E-state index contributed by atoms with van der Waals surface area (Å²) in [5.74, 6) is -0.372. The van der Waals surface area contributed by atoms with Gasteiger partial charge in [0.1, 0.15) is 0 Å². The van der Waals surface area contributed by atoms with E-state index in [4.69, 9.17) is 16.7 Å². The van der Waals surface area contributed by atoms with E-state index in [0.29, 0.717) is 0 Å². The Bertz CT molecular complexity index is 256. The van der Waals surface area contributed by atoms with Gasteiger partial charge < -0.3 is 5.11 Å². The van der Waals surface area contributed by atoms with Crippen LogP contribution < -0.4 is 0 Å². The highest BCUT2D eigenvalue weighted by atomic mass is 35.5. The van der Waals surface area contributed by atoms with E-state index >= 15 is 0 Å². The summed E-state index contributed by atoms with van der Waals surface area (Å²) in [6, 6.07) is 9.17. The lowest BCUT2D eigenvalue weighted by Crippen LogP contribution is -2.15. The molecule has 12 heavy (non-hydrogen) atoms. The topological polar surface area (TPSA) is 37.3 Å². The zero-order valence-electron chi connectivity index (χ0n) is 6.40. The molecule has 2 nitrogen and oxygen atoms in total. The lowest BCUT2D eigenvalue weighted by atomic mass is 10.1. The van der Waals surface area contributed by atoms with Crippen LogP contribution in [0, 0.1) is 0 Å². The number of hydrogen-bond acceptors (Lipinski definition) is 2. The second-order valence-corrected chi connectivity index (χ2v) is 2.88. The molecular weight excluding hydrogens is 176 g/mol. The Hall–Kier alpha value is -0.860. The van der Waals surface area contributed by atoms with Crippen molar-refractivity contribution in [3.05, 3.63) is 35.9 Å². The van der Waals surface area contributed by atoms with Gasteiger partial charge >= 0.3 is 0 Å². The second-order valence-electron chi connectivity index (χ2n) is 2.46. The molecule has 0 bridgehead atoms. The van der Waals surface area contributed by atoms with Crippen molar-refractivity contribution in [1.29, 1.82) is 0 Å². The van der Waals surface area contributed by atoms with Gasteiger partial charge in [-0.25, -0.2) is 0 Å². The van der Waals surface area contributed by atoms with Gasteiger partial charge in [-0.05, 0) is 5.56 Å². The van der Waals surface area contributed by atoms with E-state index in [9.17, 15) is 4.79 Å². The molecule has 0 aliphatic carbocycles. The van der Waals surface area contributed by atoms with Crippen molar-refractivity contribution in [3.63, 3.8) is 0 Å². The van der Waals surface area contributed by atoms with Crippen LogP contribution in [-0.4, -0.2) is 16.5 Å². The summed E-state index contributed by atoms with van der Waals surface area (Å²) in [6.45, 7) is 0. The quantitative estimate of drug-likeness (QED) is 0.721. The molecule has 0 saturated carbocycles. The van der Waals surface area contributed by atoms with Gasteiger partial charge in [-0.2, -0.15) is 0 Å². The van der Waals surface area contributed by atoms with Gasteiger partial charge in [0.2, 0.25) is 0 Å². The number of carbonyl (C=O) groups is 1. The van der Waals surface area contributed by atoms with Gasteiger partial charge in [-0.3, -0.25) is 4.79 Å². The van der Waals surface area contributed by atoms with Crippen molar-refractivity contribution in [2.45, 2.75) is 12.0 Å². The molecule has 0 aliphatic heterocycles. The Balaban J connectivity index is 2.59. The molecule has 1 aromatic carbocycles. The summed E-state index contributed by atoms with van der Waals surface area (Å²) in [5, 5.41) is 8.70. The van der Waals surface area contributed by atoms with Crippen molar-refractivity contribution in [2.75, 3.05) is 0 Å². The average Bonchev–Trinajstić information content (AvgIpc) is 2.06. The van der Waals surface area contributed by atoms with E-state index in [1.54, 1.807) is 0 Å². The summed E-state index contributed by atoms with van der Waals surface area (Å²) < 4.78 is 0. The van der Waals surface area contributed by atoms with E-state index in [2.05, 4.69) is 0 Å². The largest absolute Gasteiger partial charge is 0.371 e.